The maximum Gasteiger partial charge on any atom is 0.254 e. The Morgan fingerprint density at radius 1 is 0.900 bits per heavy atom. The summed E-state index contributed by atoms with van der Waals surface area (Å²) in [6, 6.07) is 9.90. The lowest BCUT2D eigenvalue weighted by Gasteiger charge is -2.36. The first-order valence-electron chi connectivity index (χ1n) is 10.9. The van der Waals surface area contributed by atoms with E-state index in [9.17, 15) is 4.79 Å². The van der Waals surface area contributed by atoms with Gasteiger partial charge in [-0.3, -0.25) is 4.79 Å². The normalized spacial score (nSPS) is 17.2. The van der Waals surface area contributed by atoms with Crippen molar-refractivity contribution < 1.29 is 4.79 Å². The Labute approximate surface area is 179 Å². The summed E-state index contributed by atoms with van der Waals surface area (Å²) in [6.45, 7) is 7.09. The second-order valence-corrected chi connectivity index (χ2v) is 8.44. The van der Waals surface area contributed by atoms with Gasteiger partial charge < -0.3 is 19.6 Å². The highest BCUT2D eigenvalue weighted by molar-refractivity contribution is 5.95. The van der Waals surface area contributed by atoms with Crippen molar-refractivity contribution in [3.8, 4) is 0 Å². The zero-order valence-electron chi connectivity index (χ0n) is 18.3. The fraction of sp³-hybridized carbons (Fsp3) is 0.522. The summed E-state index contributed by atoms with van der Waals surface area (Å²) in [6.07, 6.45) is 3.72. The lowest BCUT2D eigenvalue weighted by molar-refractivity contribution is 0.0746. The first-order chi connectivity index (χ1) is 14.5. The summed E-state index contributed by atoms with van der Waals surface area (Å²) in [5.41, 5.74) is 2.79. The number of benzene rings is 1. The Hall–Kier alpha value is -2.83. The van der Waals surface area contributed by atoms with Crippen molar-refractivity contribution in [2.24, 2.45) is 0 Å². The molecule has 0 atom stereocenters. The molecule has 3 heterocycles. The van der Waals surface area contributed by atoms with Gasteiger partial charge in [0.1, 0.15) is 5.82 Å². The highest BCUT2D eigenvalue weighted by Gasteiger charge is 2.24. The molecule has 0 N–H and O–H groups in total. The molecular weight excluding hydrogens is 376 g/mol. The SMILES string of the molecule is Cc1cc(N2CCN(C(=O)c3cccc(N(C)C)c3)CC2)nc(N2CCCCC2)n1. The Morgan fingerprint density at radius 3 is 2.33 bits per heavy atom. The highest BCUT2D eigenvalue weighted by atomic mass is 16.2. The van der Waals surface area contributed by atoms with Crippen LogP contribution in [0.1, 0.15) is 35.3 Å². The third-order valence-electron chi connectivity index (χ3n) is 5.97. The minimum absolute atomic E-state index is 0.103. The third kappa shape index (κ3) is 4.50. The van der Waals surface area contributed by atoms with Crippen LogP contribution in [0.2, 0.25) is 0 Å². The molecule has 1 aromatic heterocycles. The molecule has 2 fully saturated rings. The number of hydrogen-bond donors (Lipinski definition) is 0. The van der Waals surface area contributed by atoms with Crippen molar-refractivity contribution in [2.75, 3.05) is 68.1 Å². The number of aromatic nitrogens is 2. The second kappa shape index (κ2) is 8.90. The molecule has 0 bridgehead atoms. The molecule has 2 aromatic rings. The van der Waals surface area contributed by atoms with Crippen molar-refractivity contribution in [2.45, 2.75) is 26.2 Å². The monoisotopic (exact) mass is 408 g/mol. The molecule has 7 heteroatoms. The molecule has 2 saturated heterocycles. The number of amides is 1. The van der Waals surface area contributed by atoms with Gasteiger partial charge in [0.25, 0.3) is 5.91 Å². The van der Waals surface area contributed by atoms with E-state index in [0.29, 0.717) is 13.1 Å². The van der Waals surface area contributed by atoms with E-state index in [0.717, 1.165) is 54.9 Å². The molecule has 30 heavy (non-hydrogen) atoms. The molecule has 0 spiro atoms. The number of hydrogen-bond acceptors (Lipinski definition) is 6. The van der Waals surface area contributed by atoms with Crippen LogP contribution in [-0.4, -0.2) is 74.1 Å². The van der Waals surface area contributed by atoms with Gasteiger partial charge in [-0.2, -0.15) is 4.98 Å². The summed E-state index contributed by atoms with van der Waals surface area (Å²) in [4.78, 5) is 31.1. The number of carbonyl (C=O) groups excluding carboxylic acids is 1. The summed E-state index contributed by atoms with van der Waals surface area (Å²) in [7, 11) is 3.98. The second-order valence-electron chi connectivity index (χ2n) is 8.44. The van der Waals surface area contributed by atoms with Crippen LogP contribution < -0.4 is 14.7 Å². The van der Waals surface area contributed by atoms with Gasteiger partial charge in [-0.05, 0) is 44.4 Å². The van der Waals surface area contributed by atoms with Crippen molar-refractivity contribution in [1.82, 2.24) is 14.9 Å². The van der Waals surface area contributed by atoms with Gasteiger partial charge in [-0.25, -0.2) is 4.98 Å². The molecule has 2 aliphatic heterocycles. The maximum absolute atomic E-state index is 13.0. The molecule has 0 unspecified atom stereocenters. The van der Waals surface area contributed by atoms with E-state index in [4.69, 9.17) is 4.98 Å². The topological polar surface area (TPSA) is 55.8 Å². The molecule has 7 nitrogen and oxygen atoms in total. The Kier molecular flexibility index (Phi) is 6.06. The first kappa shape index (κ1) is 20.4. The Morgan fingerprint density at radius 2 is 1.63 bits per heavy atom. The lowest BCUT2D eigenvalue weighted by Crippen LogP contribution is -2.49. The van der Waals surface area contributed by atoms with Crippen LogP contribution in [0.15, 0.2) is 30.3 Å². The molecule has 0 radical (unpaired) electrons. The Balaban J connectivity index is 1.42. The van der Waals surface area contributed by atoms with Gasteiger partial charge in [0, 0.05) is 76.4 Å². The molecule has 0 aliphatic carbocycles. The predicted molar refractivity (Wildman–Crippen MR) is 122 cm³/mol. The van der Waals surface area contributed by atoms with Crippen LogP contribution in [0, 0.1) is 6.92 Å². The molecular formula is C23H32N6O. The quantitative estimate of drug-likeness (QED) is 0.775. The summed E-state index contributed by atoms with van der Waals surface area (Å²) in [5, 5.41) is 0. The highest BCUT2D eigenvalue weighted by Crippen LogP contribution is 2.22. The summed E-state index contributed by atoms with van der Waals surface area (Å²) in [5.74, 6) is 1.93. The maximum atomic E-state index is 13.0. The largest absolute Gasteiger partial charge is 0.378 e. The standard InChI is InChI=1S/C23H32N6O/c1-18-16-21(25-23(24-18)29-10-5-4-6-11-29)27-12-14-28(15-13-27)22(30)19-8-7-9-20(17-19)26(2)3/h7-9,16-17H,4-6,10-15H2,1-3H3. The minimum Gasteiger partial charge on any atom is -0.378 e. The predicted octanol–water partition coefficient (Wildman–Crippen LogP) is 2.80. The van der Waals surface area contributed by atoms with E-state index in [1.807, 2.05) is 55.1 Å². The number of carbonyl (C=O) groups is 1. The minimum atomic E-state index is 0.103. The van der Waals surface area contributed by atoms with Gasteiger partial charge in [0.2, 0.25) is 5.95 Å². The number of anilines is 3. The Bertz CT molecular complexity index is 885. The van der Waals surface area contributed by atoms with Crippen LogP contribution in [-0.2, 0) is 0 Å². The zero-order chi connectivity index (χ0) is 21.1. The van der Waals surface area contributed by atoms with E-state index < -0.39 is 0 Å². The van der Waals surface area contributed by atoms with E-state index in [2.05, 4.69) is 20.9 Å². The molecule has 2 aliphatic rings. The molecule has 160 valence electrons. The number of piperazine rings is 1. The molecule has 4 rings (SSSR count). The van der Waals surface area contributed by atoms with Crippen molar-refractivity contribution in [3.63, 3.8) is 0 Å². The van der Waals surface area contributed by atoms with E-state index in [1.165, 1.54) is 19.3 Å². The fourth-order valence-electron chi connectivity index (χ4n) is 4.17. The van der Waals surface area contributed by atoms with Crippen LogP contribution in [0.4, 0.5) is 17.5 Å². The van der Waals surface area contributed by atoms with Crippen LogP contribution >= 0.6 is 0 Å². The molecule has 1 amide bonds. The van der Waals surface area contributed by atoms with E-state index >= 15 is 0 Å². The first-order valence-corrected chi connectivity index (χ1v) is 10.9. The van der Waals surface area contributed by atoms with Crippen molar-refractivity contribution in [1.29, 1.82) is 0 Å². The van der Waals surface area contributed by atoms with Crippen LogP contribution in [0.25, 0.3) is 0 Å². The van der Waals surface area contributed by atoms with Gasteiger partial charge in [0.05, 0.1) is 0 Å². The van der Waals surface area contributed by atoms with Crippen molar-refractivity contribution in [3.05, 3.63) is 41.6 Å². The van der Waals surface area contributed by atoms with Gasteiger partial charge in [-0.1, -0.05) is 6.07 Å². The third-order valence-corrected chi connectivity index (χ3v) is 5.97. The van der Waals surface area contributed by atoms with E-state index in [1.54, 1.807) is 0 Å². The zero-order valence-corrected chi connectivity index (χ0v) is 18.3. The fourth-order valence-corrected chi connectivity index (χ4v) is 4.17. The van der Waals surface area contributed by atoms with Gasteiger partial charge >= 0.3 is 0 Å². The smallest absolute Gasteiger partial charge is 0.254 e. The van der Waals surface area contributed by atoms with Gasteiger partial charge in [-0.15, -0.1) is 0 Å². The van der Waals surface area contributed by atoms with Crippen LogP contribution in [0.3, 0.4) is 0 Å². The number of rotatable bonds is 4. The summed E-state index contributed by atoms with van der Waals surface area (Å²) >= 11 is 0. The molecule has 1 aromatic carbocycles. The molecule has 0 saturated carbocycles. The lowest BCUT2D eigenvalue weighted by atomic mass is 10.1. The summed E-state index contributed by atoms with van der Waals surface area (Å²) < 4.78 is 0. The number of aryl methyl sites for hydroxylation is 1. The van der Waals surface area contributed by atoms with Crippen LogP contribution in [0.5, 0.6) is 0 Å². The number of piperidine rings is 1. The van der Waals surface area contributed by atoms with E-state index in [-0.39, 0.29) is 5.91 Å². The average Bonchev–Trinajstić information content (AvgIpc) is 2.79. The van der Waals surface area contributed by atoms with Gasteiger partial charge in [0.15, 0.2) is 0 Å². The number of nitrogens with zero attached hydrogens (tertiary/aromatic N) is 6. The van der Waals surface area contributed by atoms with Crippen molar-refractivity contribution >= 4 is 23.4 Å². The average molecular weight is 409 g/mol.